The predicted octanol–water partition coefficient (Wildman–Crippen LogP) is 4.45. The maximum atomic E-state index is 11.6. The molecular formula is C17H17ClO3S. The van der Waals surface area contributed by atoms with Crippen molar-refractivity contribution in [1.29, 1.82) is 0 Å². The molecule has 0 amide bonds. The molecule has 0 aliphatic rings. The van der Waals surface area contributed by atoms with Crippen LogP contribution in [0.3, 0.4) is 0 Å². The van der Waals surface area contributed by atoms with E-state index in [9.17, 15) is 9.90 Å². The van der Waals surface area contributed by atoms with E-state index >= 15 is 0 Å². The van der Waals surface area contributed by atoms with Crippen molar-refractivity contribution in [3.63, 3.8) is 0 Å². The maximum absolute atomic E-state index is 11.6. The predicted molar refractivity (Wildman–Crippen MR) is 90.2 cm³/mol. The van der Waals surface area contributed by atoms with Crippen LogP contribution in [0.4, 0.5) is 0 Å². The first-order valence-electron chi connectivity index (χ1n) is 6.78. The van der Waals surface area contributed by atoms with Gasteiger partial charge in [0, 0.05) is 9.92 Å². The van der Waals surface area contributed by atoms with E-state index in [0.717, 1.165) is 16.0 Å². The van der Waals surface area contributed by atoms with E-state index in [0.29, 0.717) is 17.2 Å². The normalized spacial score (nSPS) is 12.0. The van der Waals surface area contributed by atoms with Crippen LogP contribution in [0.1, 0.15) is 11.1 Å². The Labute approximate surface area is 139 Å². The van der Waals surface area contributed by atoms with Crippen molar-refractivity contribution >= 4 is 29.3 Å². The molecule has 0 aliphatic carbocycles. The lowest BCUT2D eigenvalue weighted by molar-refractivity contribution is -0.136. The number of carbonyl (C=O) groups is 1. The van der Waals surface area contributed by atoms with E-state index < -0.39 is 11.2 Å². The van der Waals surface area contributed by atoms with Crippen LogP contribution in [0.2, 0.25) is 5.02 Å². The fourth-order valence-electron chi connectivity index (χ4n) is 2.12. The summed E-state index contributed by atoms with van der Waals surface area (Å²) in [5.41, 5.74) is 1.98. The fourth-order valence-corrected chi connectivity index (χ4v) is 3.23. The highest BCUT2D eigenvalue weighted by Crippen LogP contribution is 2.30. The Morgan fingerprint density at radius 3 is 2.55 bits per heavy atom. The Hall–Kier alpha value is -1.65. The number of carboxylic acid groups (broad SMARTS) is 1. The Kier molecular flexibility index (Phi) is 5.75. The van der Waals surface area contributed by atoms with Crippen LogP contribution in [0.15, 0.2) is 47.4 Å². The Morgan fingerprint density at radius 2 is 1.95 bits per heavy atom. The van der Waals surface area contributed by atoms with E-state index in [1.807, 2.05) is 37.3 Å². The van der Waals surface area contributed by atoms with Crippen LogP contribution >= 0.6 is 23.4 Å². The number of thioether (sulfide) groups is 1. The van der Waals surface area contributed by atoms with Crippen molar-refractivity contribution in [2.75, 3.05) is 7.11 Å². The molecule has 0 saturated heterocycles. The monoisotopic (exact) mass is 336 g/mol. The summed E-state index contributed by atoms with van der Waals surface area (Å²) in [6, 6.07) is 13.0. The maximum Gasteiger partial charge on any atom is 0.317 e. The molecule has 5 heteroatoms. The first-order chi connectivity index (χ1) is 10.5. The lowest BCUT2D eigenvalue weighted by atomic mass is 10.1. The van der Waals surface area contributed by atoms with Gasteiger partial charge in [-0.25, -0.2) is 0 Å². The summed E-state index contributed by atoms with van der Waals surface area (Å²) in [6.45, 7) is 1.98. The molecule has 0 radical (unpaired) electrons. The third-order valence-corrected chi connectivity index (χ3v) is 4.66. The Morgan fingerprint density at radius 1 is 1.27 bits per heavy atom. The zero-order valence-corrected chi connectivity index (χ0v) is 13.9. The standard InChI is InChI=1S/C17H17ClO3S/c1-11-3-8-15(21-2)12(9-11)10-16(17(19)20)22-14-6-4-13(18)5-7-14/h3-9,16H,10H2,1-2H3,(H,19,20)/t16-/m1/s1. The molecule has 116 valence electrons. The van der Waals surface area contributed by atoms with E-state index in [2.05, 4.69) is 0 Å². The summed E-state index contributed by atoms with van der Waals surface area (Å²) >= 11 is 7.17. The van der Waals surface area contributed by atoms with Gasteiger partial charge >= 0.3 is 5.97 Å². The largest absolute Gasteiger partial charge is 0.496 e. The number of hydrogen-bond donors (Lipinski definition) is 1. The average Bonchev–Trinajstić information content (AvgIpc) is 2.49. The number of benzene rings is 2. The summed E-state index contributed by atoms with van der Waals surface area (Å²) in [6.07, 6.45) is 0.396. The minimum atomic E-state index is -0.844. The van der Waals surface area contributed by atoms with E-state index in [-0.39, 0.29) is 0 Å². The van der Waals surface area contributed by atoms with E-state index in [1.54, 1.807) is 19.2 Å². The third-order valence-electron chi connectivity index (χ3n) is 3.21. The first-order valence-corrected chi connectivity index (χ1v) is 8.04. The summed E-state index contributed by atoms with van der Waals surface area (Å²) in [7, 11) is 1.59. The molecule has 2 rings (SSSR count). The van der Waals surface area contributed by atoms with Crippen molar-refractivity contribution in [2.45, 2.75) is 23.5 Å². The molecule has 2 aromatic rings. The number of aryl methyl sites for hydroxylation is 1. The van der Waals surface area contributed by atoms with Crippen molar-refractivity contribution in [1.82, 2.24) is 0 Å². The lowest BCUT2D eigenvalue weighted by Crippen LogP contribution is -2.19. The van der Waals surface area contributed by atoms with Gasteiger partial charge in [0.05, 0.1) is 7.11 Å². The molecule has 1 N–H and O–H groups in total. The summed E-state index contributed by atoms with van der Waals surface area (Å²) in [5, 5.41) is 9.55. The Bertz CT molecular complexity index is 655. The van der Waals surface area contributed by atoms with Gasteiger partial charge in [0.2, 0.25) is 0 Å². The quantitative estimate of drug-likeness (QED) is 0.792. The number of ether oxygens (including phenoxy) is 1. The van der Waals surface area contributed by atoms with Crippen LogP contribution in [-0.4, -0.2) is 23.4 Å². The number of methoxy groups -OCH3 is 1. The van der Waals surface area contributed by atoms with Gasteiger partial charge in [-0.1, -0.05) is 29.3 Å². The van der Waals surface area contributed by atoms with Crippen molar-refractivity contribution in [3.8, 4) is 5.75 Å². The molecule has 0 spiro atoms. The van der Waals surface area contributed by atoms with Gasteiger partial charge in [0.15, 0.2) is 0 Å². The topological polar surface area (TPSA) is 46.5 Å². The van der Waals surface area contributed by atoms with Crippen molar-refractivity contribution in [3.05, 3.63) is 58.6 Å². The second kappa shape index (κ2) is 7.56. The molecule has 0 bridgehead atoms. The fraction of sp³-hybridized carbons (Fsp3) is 0.235. The highest BCUT2D eigenvalue weighted by atomic mass is 35.5. The molecule has 0 aromatic heterocycles. The summed E-state index contributed by atoms with van der Waals surface area (Å²) < 4.78 is 5.33. The minimum Gasteiger partial charge on any atom is -0.496 e. The molecular weight excluding hydrogens is 320 g/mol. The number of aliphatic carboxylic acids is 1. The molecule has 0 unspecified atom stereocenters. The molecule has 3 nitrogen and oxygen atoms in total. The number of halogens is 1. The van der Waals surface area contributed by atoms with Crippen LogP contribution < -0.4 is 4.74 Å². The molecule has 22 heavy (non-hydrogen) atoms. The van der Waals surface area contributed by atoms with Crippen LogP contribution in [0.5, 0.6) is 5.75 Å². The number of rotatable bonds is 6. The van der Waals surface area contributed by atoms with E-state index in [4.69, 9.17) is 16.3 Å². The highest BCUT2D eigenvalue weighted by Gasteiger charge is 2.21. The van der Waals surface area contributed by atoms with Crippen molar-refractivity contribution in [2.24, 2.45) is 0 Å². The molecule has 0 saturated carbocycles. The number of carboxylic acids is 1. The van der Waals surface area contributed by atoms with Gasteiger partial charge in [-0.2, -0.15) is 0 Å². The van der Waals surface area contributed by atoms with Gasteiger partial charge in [0.25, 0.3) is 0 Å². The molecule has 0 fully saturated rings. The van der Waals surface area contributed by atoms with Crippen LogP contribution in [-0.2, 0) is 11.2 Å². The van der Waals surface area contributed by atoms with Gasteiger partial charge in [-0.3, -0.25) is 4.79 Å². The third kappa shape index (κ3) is 4.42. The zero-order chi connectivity index (χ0) is 16.1. The van der Waals surface area contributed by atoms with Crippen LogP contribution in [0, 0.1) is 6.92 Å². The molecule has 0 aliphatic heterocycles. The van der Waals surface area contributed by atoms with Gasteiger partial charge in [-0.15, -0.1) is 11.8 Å². The second-order valence-electron chi connectivity index (χ2n) is 4.92. The highest BCUT2D eigenvalue weighted by molar-refractivity contribution is 8.00. The van der Waals surface area contributed by atoms with Gasteiger partial charge in [-0.05, 0) is 49.2 Å². The van der Waals surface area contributed by atoms with Crippen molar-refractivity contribution < 1.29 is 14.6 Å². The Balaban J connectivity index is 2.20. The molecule has 0 heterocycles. The zero-order valence-electron chi connectivity index (χ0n) is 12.4. The minimum absolute atomic E-state index is 0.396. The first kappa shape index (κ1) is 16.7. The number of hydrogen-bond acceptors (Lipinski definition) is 3. The average molecular weight is 337 g/mol. The summed E-state index contributed by atoms with van der Waals surface area (Å²) in [4.78, 5) is 12.5. The van der Waals surface area contributed by atoms with Gasteiger partial charge in [0.1, 0.15) is 11.0 Å². The SMILES string of the molecule is COc1ccc(C)cc1C[C@@H](Sc1ccc(Cl)cc1)C(=O)O. The van der Waals surface area contributed by atoms with Gasteiger partial charge < -0.3 is 9.84 Å². The smallest absolute Gasteiger partial charge is 0.317 e. The molecule has 2 aromatic carbocycles. The lowest BCUT2D eigenvalue weighted by Gasteiger charge is -2.15. The second-order valence-corrected chi connectivity index (χ2v) is 6.63. The van der Waals surface area contributed by atoms with Crippen LogP contribution in [0.25, 0.3) is 0 Å². The van der Waals surface area contributed by atoms with E-state index in [1.165, 1.54) is 11.8 Å². The summed E-state index contributed by atoms with van der Waals surface area (Å²) in [5.74, 6) is -0.128. The molecule has 1 atom stereocenters.